The first-order chi connectivity index (χ1) is 6.84. The van der Waals surface area contributed by atoms with Gasteiger partial charge in [0.05, 0.1) is 6.20 Å². The fourth-order valence-electron chi connectivity index (χ4n) is 1.15. The Kier molecular flexibility index (Phi) is 2.32. The van der Waals surface area contributed by atoms with Crippen molar-refractivity contribution in [1.29, 1.82) is 0 Å². The van der Waals surface area contributed by atoms with E-state index in [2.05, 4.69) is 10.2 Å². The minimum atomic E-state index is 0.783. The van der Waals surface area contributed by atoms with E-state index < -0.39 is 0 Å². The maximum atomic E-state index is 5.58. The van der Waals surface area contributed by atoms with Gasteiger partial charge in [-0.3, -0.25) is 5.10 Å². The lowest BCUT2D eigenvalue weighted by Gasteiger charge is -1.93. The molecule has 2 aromatic rings. The van der Waals surface area contributed by atoms with Crippen LogP contribution in [-0.4, -0.2) is 10.2 Å². The minimum absolute atomic E-state index is 0.783. The van der Waals surface area contributed by atoms with E-state index in [1.54, 1.807) is 6.20 Å². The first kappa shape index (κ1) is 8.56. The molecule has 0 radical (unpaired) electrons. The Hall–Kier alpha value is -2.03. The van der Waals surface area contributed by atoms with Crippen LogP contribution in [0, 0.1) is 0 Å². The van der Waals surface area contributed by atoms with Crippen LogP contribution in [0.4, 0.5) is 5.69 Å². The first-order valence-electron chi connectivity index (χ1n) is 4.37. The van der Waals surface area contributed by atoms with Crippen LogP contribution in [-0.2, 0) is 0 Å². The van der Waals surface area contributed by atoms with Gasteiger partial charge in [0.15, 0.2) is 0 Å². The van der Waals surface area contributed by atoms with Crippen molar-refractivity contribution in [1.82, 2.24) is 10.2 Å². The number of nitrogens with one attached hydrogen (secondary N) is 1. The molecule has 70 valence electrons. The predicted octanol–water partition coefficient (Wildman–Crippen LogP) is 2.16. The largest absolute Gasteiger partial charge is 0.399 e. The number of H-pyrrole nitrogens is 1. The maximum absolute atomic E-state index is 5.58. The summed E-state index contributed by atoms with van der Waals surface area (Å²) in [6.07, 6.45) is 7.63. The summed E-state index contributed by atoms with van der Waals surface area (Å²) in [5.74, 6) is 0. The molecule has 1 heterocycles. The molecule has 0 fully saturated rings. The third kappa shape index (κ3) is 2.01. The number of hydrogen-bond donors (Lipinski definition) is 2. The van der Waals surface area contributed by atoms with Crippen LogP contribution in [0.3, 0.4) is 0 Å². The number of aromatic amines is 1. The quantitative estimate of drug-likeness (QED) is 0.704. The van der Waals surface area contributed by atoms with Crippen LogP contribution >= 0.6 is 0 Å². The Morgan fingerprint density at radius 2 is 1.79 bits per heavy atom. The summed E-state index contributed by atoms with van der Waals surface area (Å²) < 4.78 is 0. The molecule has 14 heavy (non-hydrogen) atoms. The normalized spacial score (nSPS) is 10.9. The summed E-state index contributed by atoms with van der Waals surface area (Å²) in [6.45, 7) is 0. The Morgan fingerprint density at radius 1 is 1.07 bits per heavy atom. The molecule has 0 aliphatic rings. The smallest absolute Gasteiger partial charge is 0.0559 e. The molecule has 3 nitrogen and oxygen atoms in total. The van der Waals surface area contributed by atoms with Crippen molar-refractivity contribution in [3.63, 3.8) is 0 Å². The van der Waals surface area contributed by atoms with Gasteiger partial charge in [-0.05, 0) is 17.7 Å². The van der Waals surface area contributed by atoms with Gasteiger partial charge in [0.2, 0.25) is 0 Å². The van der Waals surface area contributed by atoms with Gasteiger partial charge in [-0.2, -0.15) is 5.10 Å². The molecule has 0 saturated heterocycles. The van der Waals surface area contributed by atoms with E-state index in [0.717, 1.165) is 16.8 Å². The van der Waals surface area contributed by atoms with Crippen molar-refractivity contribution in [3.05, 3.63) is 47.8 Å². The number of rotatable bonds is 2. The second-order valence-electron chi connectivity index (χ2n) is 3.03. The van der Waals surface area contributed by atoms with E-state index in [-0.39, 0.29) is 0 Å². The SMILES string of the molecule is Nc1ccc(C=Cc2cn[nH]c2)cc1. The lowest BCUT2D eigenvalue weighted by molar-refractivity contribution is 1.09. The third-order valence-corrected chi connectivity index (χ3v) is 1.92. The molecule has 3 heteroatoms. The molecule has 1 aromatic heterocycles. The van der Waals surface area contributed by atoms with Crippen molar-refractivity contribution in [3.8, 4) is 0 Å². The topological polar surface area (TPSA) is 54.7 Å². The van der Waals surface area contributed by atoms with Crippen molar-refractivity contribution in [2.24, 2.45) is 0 Å². The number of aromatic nitrogens is 2. The molecule has 0 aliphatic heterocycles. The Balaban J connectivity index is 2.15. The lowest BCUT2D eigenvalue weighted by atomic mass is 10.2. The van der Waals surface area contributed by atoms with E-state index in [1.807, 2.05) is 42.6 Å². The number of hydrogen-bond acceptors (Lipinski definition) is 2. The summed E-state index contributed by atoms with van der Waals surface area (Å²) in [6, 6.07) is 7.72. The maximum Gasteiger partial charge on any atom is 0.0559 e. The fourth-order valence-corrected chi connectivity index (χ4v) is 1.15. The number of anilines is 1. The van der Waals surface area contributed by atoms with Crippen LogP contribution in [0.2, 0.25) is 0 Å². The monoisotopic (exact) mass is 185 g/mol. The van der Waals surface area contributed by atoms with Gasteiger partial charge in [-0.25, -0.2) is 0 Å². The van der Waals surface area contributed by atoms with E-state index in [0.29, 0.717) is 0 Å². The van der Waals surface area contributed by atoms with Gasteiger partial charge in [0.1, 0.15) is 0 Å². The van der Waals surface area contributed by atoms with Crippen LogP contribution in [0.5, 0.6) is 0 Å². The van der Waals surface area contributed by atoms with Crippen LogP contribution in [0.1, 0.15) is 11.1 Å². The Morgan fingerprint density at radius 3 is 2.43 bits per heavy atom. The number of nitrogens with two attached hydrogens (primary N) is 1. The van der Waals surface area contributed by atoms with E-state index in [1.165, 1.54) is 0 Å². The fraction of sp³-hybridized carbons (Fsp3) is 0. The van der Waals surface area contributed by atoms with E-state index in [9.17, 15) is 0 Å². The number of benzene rings is 1. The van der Waals surface area contributed by atoms with Crippen molar-refractivity contribution >= 4 is 17.8 Å². The molecule has 0 amide bonds. The van der Waals surface area contributed by atoms with Gasteiger partial charge < -0.3 is 5.73 Å². The highest BCUT2D eigenvalue weighted by Crippen LogP contribution is 2.09. The van der Waals surface area contributed by atoms with Gasteiger partial charge >= 0.3 is 0 Å². The highest BCUT2D eigenvalue weighted by atomic mass is 15.1. The van der Waals surface area contributed by atoms with Crippen LogP contribution in [0.15, 0.2) is 36.7 Å². The zero-order valence-electron chi connectivity index (χ0n) is 7.64. The molecule has 0 saturated carbocycles. The predicted molar refractivity (Wildman–Crippen MR) is 58.4 cm³/mol. The second-order valence-corrected chi connectivity index (χ2v) is 3.03. The highest BCUT2D eigenvalue weighted by molar-refractivity contribution is 5.69. The molecule has 0 atom stereocenters. The van der Waals surface area contributed by atoms with Gasteiger partial charge in [-0.15, -0.1) is 0 Å². The van der Waals surface area contributed by atoms with Crippen molar-refractivity contribution in [2.45, 2.75) is 0 Å². The summed E-state index contributed by atoms with van der Waals surface area (Å²) in [4.78, 5) is 0. The molecule has 0 spiro atoms. The second kappa shape index (κ2) is 3.79. The molecule has 2 rings (SSSR count). The summed E-state index contributed by atoms with van der Waals surface area (Å²) in [5, 5.41) is 6.61. The van der Waals surface area contributed by atoms with Crippen molar-refractivity contribution < 1.29 is 0 Å². The Bertz CT molecular complexity index is 412. The molecular weight excluding hydrogens is 174 g/mol. The summed E-state index contributed by atoms with van der Waals surface area (Å²) in [5.41, 5.74) is 8.54. The molecule has 0 unspecified atom stereocenters. The average Bonchev–Trinajstić information content (AvgIpc) is 2.70. The van der Waals surface area contributed by atoms with Crippen LogP contribution in [0.25, 0.3) is 12.2 Å². The molecular formula is C11H11N3. The molecule has 0 aliphatic carbocycles. The van der Waals surface area contributed by atoms with Gasteiger partial charge in [0.25, 0.3) is 0 Å². The summed E-state index contributed by atoms with van der Waals surface area (Å²) >= 11 is 0. The average molecular weight is 185 g/mol. The number of nitrogen functional groups attached to an aromatic ring is 1. The van der Waals surface area contributed by atoms with Gasteiger partial charge in [0, 0.05) is 17.4 Å². The van der Waals surface area contributed by atoms with E-state index >= 15 is 0 Å². The summed E-state index contributed by atoms with van der Waals surface area (Å²) in [7, 11) is 0. The standard InChI is InChI=1S/C11H11N3/c12-11-5-3-9(4-6-11)1-2-10-7-13-14-8-10/h1-8H,12H2,(H,13,14). The minimum Gasteiger partial charge on any atom is -0.399 e. The highest BCUT2D eigenvalue weighted by Gasteiger charge is 1.88. The number of nitrogens with zero attached hydrogens (tertiary/aromatic N) is 1. The zero-order chi connectivity index (χ0) is 9.80. The third-order valence-electron chi connectivity index (χ3n) is 1.92. The Labute approximate surface area is 82.3 Å². The van der Waals surface area contributed by atoms with Crippen molar-refractivity contribution in [2.75, 3.05) is 5.73 Å². The lowest BCUT2D eigenvalue weighted by Crippen LogP contribution is -1.82. The molecule has 0 bridgehead atoms. The van der Waals surface area contributed by atoms with Crippen LogP contribution < -0.4 is 5.73 Å². The zero-order valence-corrected chi connectivity index (χ0v) is 7.64. The van der Waals surface area contributed by atoms with E-state index in [4.69, 9.17) is 5.73 Å². The molecule has 1 aromatic carbocycles. The van der Waals surface area contributed by atoms with Gasteiger partial charge in [-0.1, -0.05) is 24.3 Å². The first-order valence-corrected chi connectivity index (χ1v) is 4.37. The molecule has 3 N–H and O–H groups in total.